The maximum absolute atomic E-state index is 14.9. The van der Waals surface area contributed by atoms with Gasteiger partial charge in [-0.05, 0) is 137 Å². The summed E-state index contributed by atoms with van der Waals surface area (Å²) in [7, 11) is -4.72. The number of hydrogen-bond donors (Lipinski definition) is 3. The zero-order valence-electron chi connectivity index (χ0n) is 46.5. The van der Waals surface area contributed by atoms with Gasteiger partial charge in [0.2, 0.25) is 5.88 Å². The molecule has 0 radical (unpaired) electrons. The van der Waals surface area contributed by atoms with Gasteiger partial charge in [-0.3, -0.25) is 24.7 Å². The van der Waals surface area contributed by atoms with Crippen molar-refractivity contribution >= 4 is 67.0 Å². The lowest BCUT2D eigenvalue weighted by molar-refractivity contribution is -0.384. The van der Waals surface area contributed by atoms with E-state index in [9.17, 15) is 23.3 Å². The van der Waals surface area contributed by atoms with Gasteiger partial charge in [-0.15, -0.1) is 0 Å². The molecule has 6 aliphatic heterocycles. The van der Waals surface area contributed by atoms with E-state index >= 15 is 0 Å². The van der Waals surface area contributed by atoms with Crippen LogP contribution in [0.15, 0.2) is 96.0 Å². The molecule has 8 heterocycles. The number of hydrogen-bond acceptors (Lipinski definition) is 16. The number of aromatic amines is 1. The fourth-order valence-corrected chi connectivity index (χ4v) is 15.3. The summed E-state index contributed by atoms with van der Waals surface area (Å²) in [4.78, 5) is 44.3. The van der Waals surface area contributed by atoms with Crippen LogP contribution < -0.4 is 34.0 Å². The van der Waals surface area contributed by atoms with E-state index in [-0.39, 0.29) is 65.8 Å². The second-order valence-electron chi connectivity index (χ2n) is 23.8. The molecule has 3 N–H and O–H groups in total. The molecule has 82 heavy (non-hydrogen) atoms. The van der Waals surface area contributed by atoms with E-state index in [1.807, 2.05) is 36.5 Å². The lowest BCUT2D eigenvalue weighted by atomic mass is 9.59. The van der Waals surface area contributed by atoms with Crippen molar-refractivity contribution in [2.45, 2.75) is 114 Å². The minimum Gasteiger partial charge on any atom is -0.491 e. The Kier molecular flexibility index (Phi) is 14.7. The van der Waals surface area contributed by atoms with Crippen molar-refractivity contribution in [3.63, 3.8) is 0 Å². The highest BCUT2D eigenvalue weighted by Crippen LogP contribution is 2.54. The van der Waals surface area contributed by atoms with Crippen LogP contribution in [-0.2, 0) is 26.0 Å². The molecule has 19 nitrogen and oxygen atoms in total. The van der Waals surface area contributed by atoms with Gasteiger partial charge in [0.1, 0.15) is 29.8 Å². The second kappa shape index (κ2) is 22.1. The number of ether oxygens (including phenoxy) is 5. The van der Waals surface area contributed by atoms with Gasteiger partial charge in [-0.2, -0.15) is 4.98 Å². The molecule has 4 aromatic carbocycles. The minimum atomic E-state index is -4.72. The largest absolute Gasteiger partial charge is 0.491 e. The number of carbonyl (C=O) groups is 1. The topological polar surface area (TPSA) is 206 Å². The molecule has 2 aromatic heterocycles. The van der Waals surface area contributed by atoms with E-state index in [4.69, 9.17) is 40.3 Å². The summed E-state index contributed by atoms with van der Waals surface area (Å²) < 4.78 is 61.8. The summed E-state index contributed by atoms with van der Waals surface area (Å²) in [5.74, 6) is 0.582. The average molecular weight is 1160 g/mol. The molecule has 1 amide bonds. The smallest absolute Gasteiger partial charge is 0.297 e. The van der Waals surface area contributed by atoms with E-state index in [2.05, 4.69) is 91.8 Å². The number of nitrogens with zero attached hydrogens (tertiary/aromatic N) is 6. The van der Waals surface area contributed by atoms with Crippen LogP contribution >= 0.6 is 11.6 Å². The third-order valence-corrected chi connectivity index (χ3v) is 19.6. The quantitative estimate of drug-likeness (QED) is 0.0727. The van der Waals surface area contributed by atoms with Gasteiger partial charge in [0, 0.05) is 105 Å². The molecule has 7 aliphatic rings. The van der Waals surface area contributed by atoms with Gasteiger partial charge < -0.3 is 43.8 Å². The number of aromatic nitrogens is 2. The molecule has 6 aromatic rings. The summed E-state index contributed by atoms with van der Waals surface area (Å²) in [6, 6.07) is 26.6. The molecule has 4 atom stereocenters. The maximum Gasteiger partial charge on any atom is 0.297 e. The van der Waals surface area contributed by atoms with Crippen LogP contribution in [0.3, 0.4) is 0 Å². The number of anilines is 4. The van der Waals surface area contributed by atoms with Crippen molar-refractivity contribution in [3.8, 4) is 17.4 Å². The molecule has 13 rings (SSSR count). The number of para-hydroxylation sites is 1. The zero-order chi connectivity index (χ0) is 56.4. The van der Waals surface area contributed by atoms with Gasteiger partial charge in [0.25, 0.3) is 21.6 Å². The van der Waals surface area contributed by atoms with Crippen LogP contribution in [0.1, 0.15) is 91.9 Å². The number of nitrogens with one attached hydrogen (secondary N) is 3. The van der Waals surface area contributed by atoms with Crippen molar-refractivity contribution in [2.75, 3.05) is 80.9 Å². The Morgan fingerprint density at radius 2 is 1.74 bits per heavy atom. The first-order chi connectivity index (χ1) is 39.6. The monoisotopic (exact) mass is 1160 g/mol. The number of fused-ring (bicyclic) bond motifs is 4. The van der Waals surface area contributed by atoms with Crippen LogP contribution in [0.4, 0.5) is 28.4 Å². The van der Waals surface area contributed by atoms with Gasteiger partial charge >= 0.3 is 0 Å². The highest BCUT2D eigenvalue weighted by atomic mass is 35.5. The third kappa shape index (κ3) is 10.7. The van der Waals surface area contributed by atoms with E-state index in [1.54, 1.807) is 6.07 Å². The van der Waals surface area contributed by atoms with Crippen molar-refractivity contribution in [3.05, 3.63) is 129 Å². The fourth-order valence-electron chi connectivity index (χ4n) is 14.0. The van der Waals surface area contributed by atoms with Crippen molar-refractivity contribution < 1.29 is 41.8 Å². The molecule has 1 saturated carbocycles. The van der Waals surface area contributed by atoms with E-state index in [1.165, 1.54) is 17.2 Å². The zero-order valence-corrected chi connectivity index (χ0v) is 48.1. The summed E-state index contributed by atoms with van der Waals surface area (Å²) in [6.45, 7) is 13.5. The van der Waals surface area contributed by atoms with Crippen LogP contribution in [0, 0.1) is 28.4 Å². The average Bonchev–Trinajstić information content (AvgIpc) is 3.79. The number of benzene rings is 4. The molecule has 21 heteroatoms. The Balaban J connectivity index is 0.774. The lowest BCUT2D eigenvalue weighted by Crippen LogP contribution is -2.59. The summed E-state index contributed by atoms with van der Waals surface area (Å²) in [5, 5.41) is 17.5. The number of nitro groups is 1. The lowest BCUT2D eigenvalue weighted by Gasteiger charge is -2.58. The number of amides is 1. The number of rotatable bonds is 13. The Labute approximate surface area is 482 Å². The van der Waals surface area contributed by atoms with Crippen LogP contribution in [-0.4, -0.2) is 135 Å². The van der Waals surface area contributed by atoms with E-state index < -0.39 is 37.5 Å². The number of H-pyrrole nitrogens is 1. The number of piperidine rings is 1. The molecule has 432 valence electrons. The van der Waals surface area contributed by atoms with Gasteiger partial charge in [-0.1, -0.05) is 35.9 Å². The SMILES string of the molecule is Cc1cc(Cl)cc(CN2CCN(C3CC4(CCN(c5ccc(C(=O)NS(=O)(=O)c6cc7c(c([N+](=O)[O-])c6)N[C@H](C6CCOCC6)CO7)c(N6c7cc8cc[nH]c8nc7O[C@H]7COCC[C@@H]76)c5)CC4)C3)[C@H](c3ccccc3OC(C)C)C2)c1. The Morgan fingerprint density at radius 3 is 2.54 bits per heavy atom. The van der Waals surface area contributed by atoms with Crippen molar-refractivity contribution in [2.24, 2.45) is 11.3 Å². The van der Waals surface area contributed by atoms with Gasteiger partial charge in [-0.25, -0.2) is 13.1 Å². The molecular formula is C61H70ClN9O10S. The normalized spacial score (nSPS) is 23.2. The number of sulfonamides is 1. The van der Waals surface area contributed by atoms with Crippen LogP contribution in [0.25, 0.3) is 11.0 Å². The Bertz CT molecular complexity index is 3500. The first-order valence-corrected chi connectivity index (χ1v) is 30.8. The predicted octanol–water partition coefficient (Wildman–Crippen LogP) is 9.93. The molecule has 1 aliphatic carbocycles. The second-order valence-corrected chi connectivity index (χ2v) is 25.9. The van der Waals surface area contributed by atoms with Gasteiger partial charge in [0.15, 0.2) is 11.4 Å². The molecule has 4 saturated heterocycles. The fraction of sp³-hybridized carbons (Fsp3) is 0.475. The van der Waals surface area contributed by atoms with Crippen LogP contribution in [0.2, 0.25) is 5.02 Å². The molecule has 5 fully saturated rings. The van der Waals surface area contributed by atoms with Gasteiger partial charge in [0.05, 0.1) is 51.9 Å². The highest BCUT2D eigenvalue weighted by molar-refractivity contribution is 7.90. The molecule has 0 unspecified atom stereocenters. The first-order valence-electron chi connectivity index (χ1n) is 28.9. The van der Waals surface area contributed by atoms with Crippen molar-refractivity contribution in [1.29, 1.82) is 0 Å². The number of nitro benzene ring substituents is 1. The number of halogens is 1. The maximum atomic E-state index is 14.9. The summed E-state index contributed by atoms with van der Waals surface area (Å²) in [5.41, 5.74) is 6.17. The molecule has 0 bridgehead atoms. The third-order valence-electron chi connectivity index (χ3n) is 18.1. The number of pyridine rings is 1. The Hall–Kier alpha value is -6.68. The van der Waals surface area contributed by atoms with E-state index in [0.717, 1.165) is 111 Å². The number of carbonyl (C=O) groups excluding carboxylic acids is 1. The number of aryl methyl sites for hydroxylation is 1. The first kappa shape index (κ1) is 54.6. The van der Waals surface area contributed by atoms with E-state index in [0.29, 0.717) is 55.2 Å². The summed E-state index contributed by atoms with van der Waals surface area (Å²) >= 11 is 6.54. The predicted molar refractivity (Wildman–Crippen MR) is 313 cm³/mol. The minimum absolute atomic E-state index is 0.0242. The standard InChI is InChI=1S/C61H70ClN9O10S/c1-37(2)80-54-7-5-4-6-46(54)53-34-67(33-39-24-38(3)25-42(62)26-39)19-20-69(53)44-31-61(32-44)14-17-68(18-15-61)43-8-9-47(50(28-43)70-49-13-23-78-36-56(49)81-60-52(70)27-41-10-16-63-58(41)65-60)59(72)66-82(75,76)45-29-51(71(73)74)57-55(30-45)79-35-48(64-57)40-11-21-77-22-12-40/h4-10,16,24-30,37,40,44,48-49,53,56,64H,11-15,17-23,31-36H2,1-3H3,(H,63,65)(H,66,72)/t48-,49-,53-,56-/m0/s1. The highest BCUT2D eigenvalue weighted by Gasteiger charge is 2.51. The Morgan fingerprint density at radius 1 is 0.939 bits per heavy atom. The summed E-state index contributed by atoms with van der Waals surface area (Å²) in [6.07, 6.45) is 7.67. The molecule has 1 spiro atoms. The van der Waals surface area contributed by atoms with Crippen LogP contribution in [0.5, 0.6) is 17.4 Å². The molecular weight excluding hydrogens is 1090 g/mol. The number of piperazine rings is 1. The van der Waals surface area contributed by atoms with Crippen molar-refractivity contribution in [1.82, 2.24) is 24.5 Å².